The molecule has 0 unspecified atom stereocenters. The average Bonchev–Trinajstić information content (AvgIpc) is 2.29. The zero-order valence-electron chi connectivity index (χ0n) is 8.78. The van der Waals surface area contributed by atoms with Gasteiger partial charge in [0.1, 0.15) is 17.3 Å². The molecule has 0 saturated heterocycles. The molecule has 2 aromatic rings. The minimum atomic E-state index is -0.535. The van der Waals surface area contributed by atoms with E-state index in [0.717, 1.165) is 0 Å². The maximum absolute atomic E-state index is 13.2. The third-order valence-corrected chi connectivity index (χ3v) is 2.49. The summed E-state index contributed by atoms with van der Waals surface area (Å²) in [5.41, 5.74) is 12.1. The first kappa shape index (κ1) is 11.5. The molecule has 17 heavy (non-hydrogen) atoms. The second kappa shape index (κ2) is 4.51. The zero-order chi connectivity index (χ0) is 12.4. The fourth-order valence-corrected chi connectivity index (χ4v) is 1.41. The van der Waals surface area contributed by atoms with E-state index < -0.39 is 5.82 Å². The van der Waals surface area contributed by atoms with Crippen molar-refractivity contribution in [3.05, 3.63) is 47.2 Å². The standard InChI is InChI=1S/C12H10ClFN2O/c13-9-3-1-7(5-10(9)14)17-8-2-4-11(15)12(16)6-8/h1-6H,15-16H2. The number of nitrogens with two attached hydrogens (primary N) is 2. The topological polar surface area (TPSA) is 61.3 Å². The van der Waals surface area contributed by atoms with Crippen molar-refractivity contribution in [1.29, 1.82) is 0 Å². The van der Waals surface area contributed by atoms with Crippen molar-refractivity contribution in [2.75, 3.05) is 11.5 Å². The van der Waals surface area contributed by atoms with Gasteiger partial charge in [-0.15, -0.1) is 0 Å². The monoisotopic (exact) mass is 252 g/mol. The summed E-state index contributed by atoms with van der Waals surface area (Å²) in [6.45, 7) is 0. The summed E-state index contributed by atoms with van der Waals surface area (Å²) in [5, 5.41) is 0.0502. The van der Waals surface area contributed by atoms with E-state index in [4.69, 9.17) is 27.8 Å². The lowest BCUT2D eigenvalue weighted by atomic mass is 10.2. The minimum absolute atomic E-state index is 0.0502. The fourth-order valence-electron chi connectivity index (χ4n) is 1.29. The van der Waals surface area contributed by atoms with Crippen LogP contribution in [-0.4, -0.2) is 0 Å². The molecule has 0 aliphatic heterocycles. The lowest BCUT2D eigenvalue weighted by molar-refractivity contribution is 0.477. The first-order valence-electron chi connectivity index (χ1n) is 4.84. The third-order valence-electron chi connectivity index (χ3n) is 2.19. The van der Waals surface area contributed by atoms with Crippen molar-refractivity contribution >= 4 is 23.0 Å². The van der Waals surface area contributed by atoms with Gasteiger partial charge in [0.15, 0.2) is 0 Å². The first-order chi connectivity index (χ1) is 8.06. The second-order valence-corrected chi connectivity index (χ2v) is 3.88. The van der Waals surface area contributed by atoms with Crippen LogP contribution in [0, 0.1) is 5.82 Å². The molecule has 0 amide bonds. The lowest BCUT2D eigenvalue weighted by Crippen LogP contribution is -1.94. The van der Waals surface area contributed by atoms with Gasteiger partial charge in [-0.3, -0.25) is 0 Å². The average molecular weight is 253 g/mol. The fraction of sp³-hybridized carbons (Fsp3) is 0. The van der Waals surface area contributed by atoms with Crippen molar-refractivity contribution in [2.24, 2.45) is 0 Å². The van der Waals surface area contributed by atoms with Gasteiger partial charge < -0.3 is 16.2 Å². The lowest BCUT2D eigenvalue weighted by Gasteiger charge is -2.08. The Balaban J connectivity index is 2.25. The van der Waals surface area contributed by atoms with Crippen LogP contribution in [0.1, 0.15) is 0 Å². The highest BCUT2D eigenvalue weighted by Gasteiger charge is 2.04. The number of halogens is 2. The molecule has 0 atom stereocenters. The molecule has 2 rings (SSSR count). The van der Waals surface area contributed by atoms with Gasteiger partial charge in [-0.2, -0.15) is 0 Å². The van der Waals surface area contributed by atoms with Gasteiger partial charge >= 0.3 is 0 Å². The van der Waals surface area contributed by atoms with E-state index in [0.29, 0.717) is 22.9 Å². The molecular weight excluding hydrogens is 243 g/mol. The van der Waals surface area contributed by atoms with Crippen molar-refractivity contribution in [3.8, 4) is 11.5 Å². The van der Waals surface area contributed by atoms with Crippen LogP contribution in [0.25, 0.3) is 0 Å². The molecule has 4 N–H and O–H groups in total. The van der Waals surface area contributed by atoms with Crippen LogP contribution in [0.5, 0.6) is 11.5 Å². The van der Waals surface area contributed by atoms with E-state index in [-0.39, 0.29) is 5.02 Å². The molecule has 0 fully saturated rings. The molecule has 2 aromatic carbocycles. The van der Waals surface area contributed by atoms with Gasteiger partial charge in [0.05, 0.1) is 16.4 Å². The summed E-state index contributed by atoms with van der Waals surface area (Å²) in [6, 6.07) is 9.04. The number of ether oxygens (including phenoxy) is 1. The Kier molecular flexibility index (Phi) is 3.06. The third kappa shape index (κ3) is 2.60. The maximum atomic E-state index is 13.2. The van der Waals surface area contributed by atoms with Crippen molar-refractivity contribution in [1.82, 2.24) is 0 Å². The second-order valence-electron chi connectivity index (χ2n) is 3.47. The Morgan fingerprint density at radius 2 is 1.59 bits per heavy atom. The largest absolute Gasteiger partial charge is 0.457 e. The Morgan fingerprint density at radius 3 is 2.24 bits per heavy atom. The predicted octanol–water partition coefficient (Wildman–Crippen LogP) is 3.44. The Labute approximate surface area is 103 Å². The van der Waals surface area contributed by atoms with Crippen LogP contribution in [0.2, 0.25) is 5.02 Å². The van der Waals surface area contributed by atoms with Gasteiger partial charge in [-0.25, -0.2) is 4.39 Å². The van der Waals surface area contributed by atoms with Crippen LogP contribution in [-0.2, 0) is 0 Å². The highest BCUT2D eigenvalue weighted by atomic mass is 35.5. The molecule has 0 radical (unpaired) electrons. The van der Waals surface area contributed by atoms with Gasteiger partial charge in [0, 0.05) is 12.1 Å². The molecule has 0 saturated carbocycles. The number of hydrogen-bond acceptors (Lipinski definition) is 3. The number of anilines is 2. The molecule has 88 valence electrons. The van der Waals surface area contributed by atoms with Gasteiger partial charge in [0.2, 0.25) is 0 Å². The number of rotatable bonds is 2. The van der Waals surface area contributed by atoms with E-state index in [1.165, 1.54) is 12.1 Å². The van der Waals surface area contributed by atoms with Crippen LogP contribution in [0.15, 0.2) is 36.4 Å². The Bertz CT molecular complexity index is 511. The van der Waals surface area contributed by atoms with Crippen molar-refractivity contribution in [3.63, 3.8) is 0 Å². The smallest absolute Gasteiger partial charge is 0.145 e. The molecule has 0 aliphatic rings. The first-order valence-corrected chi connectivity index (χ1v) is 5.22. The van der Waals surface area contributed by atoms with Gasteiger partial charge in [0.25, 0.3) is 0 Å². The molecule has 0 spiro atoms. The predicted molar refractivity (Wildman–Crippen MR) is 66.8 cm³/mol. The SMILES string of the molecule is Nc1ccc(Oc2ccc(Cl)c(F)c2)cc1N. The van der Waals surface area contributed by atoms with Crippen LogP contribution in [0.4, 0.5) is 15.8 Å². The van der Waals surface area contributed by atoms with Crippen LogP contribution in [0.3, 0.4) is 0 Å². The molecule has 3 nitrogen and oxygen atoms in total. The van der Waals surface area contributed by atoms with Gasteiger partial charge in [-0.05, 0) is 24.3 Å². The van der Waals surface area contributed by atoms with E-state index in [9.17, 15) is 4.39 Å². The van der Waals surface area contributed by atoms with E-state index in [1.807, 2.05) is 0 Å². The molecular formula is C12H10ClFN2O. The summed E-state index contributed by atoms with van der Waals surface area (Å²) in [5.74, 6) is 0.294. The summed E-state index contributed by atoms with van der Waals surface area (Å²) in [7, 11) is 0. The normalized spacial score (nSPS) is 10.2. The summed E-state index contributed by atoms with van der Waals surface area (Å²) >= 11 is 5.56. The summed E-state index contributed by atoms with van der Waals surface area (Å²) in [6.07, 6.45) is 0. The van der Waals surface area contributed by atoms with Crippen LogP contribution < -0.4 is 16.2 Å². The summed E-state index contributed by atoms with van der Waals surface area (Å²) < 4.78 is 18.6. The van der Waals surface area contributed by atoms with Crippen molar-refractivity contribution < 1.29 is 9.13 Å². The Morgan fingerprint density at radius 1 is 0.941 bits per heavy atom. The van der Waals surface area contributed by atoms with Gasteiger partial charge in [-0.1, -0.05) is 11.6 Å². The Hall–Kier alpha value is -1.94. The highest BCUT2D eigenvalue weighted by Crippen LogP contribution is 2.28. The minimum Gasteiger partial charge on any atom is -0.457 e. The zero-order valence-corrected chi connectivity index (χ0v) is 9.54. The van der Waals surface area contributed by atoms with E-state index in [1.54, 1.807) is 24.3 Å². The highest BCUT2D eigenvalue weighted by molar-refractivity contribution is 6.30. The van der Waals surface area contributed by atoms with E-state index in [2.05, 4.69) is 0 Å². The number of benzene rings is 2. The maximum Gasteiger partial charge on any atom is 0.145 e. The van der Waals surface area contributed by atoms with E-state index >= 15 is 0 Å². The number of nitrogen functional groups attached to an aromatic ring is 2. The molecule has 5 heteroatoms. The molecule has 0 aliphatic carbocycles. The summed E-state index contributed by atoms with van der Waals surface area (Å²) in [4.78, 5) is 0. The molecule has 0 bridgehead atoms. The molecule has 0 heterocycles. The quantitative estimate of drug-likeness (QED) is 0.805. The van der Waals surface area contributed by atoms with Crippen LogP contribution >= 0.6 is 11.6 Å². The number of hydrogen-bond donors (Lipinski definition) is 2. The molecule has 0 aromatic heterocycles. The van der Waals surface area contributed by atoms with Crippen molar-refractivity contribution in [2.45, 2.75) is 0 Å².